The van der Waals surface area contributed by atoms with Crippen LogP contribution in [0.5, 0.6) is 0 Å². The number of imide groups is 1. The Morgan fingerprint density at radius 2 is 1.76 bits per heavy atom. The average molecular weight is 338 g/mol. The second-order valence-electron chi connectivity index (χ2n) is 6.13. The second kappa shape index (κ2) is 5.77. The van der Waals surface area contributed by atoms with E-state index in [1.807, 2.05) is 19.1 Å². The minimum atomic E-state index is -0.874. The van der Waals surface area contributed by atoms with E-state index in [1.165, 1.54) is 11.1 Å². The van der Waals surface area contributed by atoms with Gasteiger partial charge in [-0.2, -0.15) is 5.11 Å². The Morgan fingerprint density at radius 1 is 1.04 bits per heavy atom. The third-order valence-corrected chi connectivity index (χ3v) is 4.44. The molecule has 1 saturated heterocycles. The minimum Gasteiger partial charge on any atom is -0.271 e. The summed E-state index contributed by atoms with van der Waals surface area (Å²) in [5.41, 5.74) is 1.94. The smallest absolute Gasteiger partial charge is 0.263 e. The number of carbonyl (C=O) groups excluding carboxylic acids is 2. The summed E-state index contributed by atoms with van der Waals surface area (Å²) in [5.74, 6) is -1.17. The molecule has 2 heterocycles. The first-order valence-corrected chi connectivity index (χ1v) is 7.91. The third kappa shape index (κ3) is 2.48. The molecule has 0 aliphatic carbocycles. The summed E-state index contributed by atoms with van der Waals surface area (Å²) < 4.78 is 13.9. The van der Waals surface area contributed by atoms with Crippen LogP contribution in [0, 0.1) is 12.7 Å². The van der Waals surface area contributed by atoms with E-state index in [4.69, 9.17) is 0 Å². The molecule has 0 unspecified atom stereocenters. The molecule has 0 radical (unpaired) electrons. The first kappa shape index (κ1) is 15.4. The zero-order valence-corrected chi connectivity index (χ0v) is 13.5. The number of fused-ring (bicyclic) bond motifs is 1. The normalized spacial score (nSPS) is 22.0. The Kier molecular flexibility index (Phi) is 3.56. The van der Waals surface area contributed by atoms with Crippen molar-refractivity contribution in [1.82, 2.24) is 5.01 Å². The predicted octanol–water partition coefficient (Wildman–Crippen LogP) is 2.63. The molecule has 0 N–H and O–H groups in total. The number of nitrogens with zero attached hydrogens (tertiary/aromatic N) is 4. The fraction of sp³-hybridized carbons (Fsp3) is 0.222. The molecule has 4 rings (SSSR count). The molecular weight excluding hydrogens is 323 g/mol. The summed E-state index contributed by atoms with van der Waals surface area (Å²) >= 11 is 0. The van der Waals surface area contributed by atoms with Crippen molar-refractivity contribution in [3.8, 4) is 0 Å². The van der Waals surface area contributed by atoms with Gasteiger partial charge in [-0.1, -0.05) is 41.1 Å². The fourth-order valence-corrected chi connectivity index (χ4v) is 3.10. The van der Waals surface area contributed by atoms with E-state index in [0.29, 0.717) is 11.3 Å². The Bertz CT molecular complexity index is 881. The van der Waals surface area contributed by atoms with Gasteiger partial charge in [-0.15, -0.1) is 0 Å². The van der Waals surface area contributed by atoms with Crippen LogP contribution in [0.3, 0.4) is 0 Å². The Labute approximate surface area is 143 Å². The lowest BCUT2D eigenvalue weighted by molar-refractivity contribution is -0.123. The Morgan fingerprint density at radius 3 is 2.48 bits per heavy atom. The van der Waals surface area contributed by atoms with E-state index in [-0.39, 0.29) is 18.3 Å². The van der Waals surface area contributed by atoms with Gasteiger partial charge in [0.05, 0.1) is 12.2 Å². The van der Waals surface area contributed by atoms with Gasteiger partial charge in [-0.3, -0.25) is 14.6 Å². The zero-order valence-electron chi connectivity index (χ0n) is 13.5. The molecule has 0 saturated carbocycles. The van der Waals surface area contributed by atoms with E-state index in [1.54, 1.807) is 30.3 Å². The molecule has 7 heteroatoms. The van der Waals surface area contributed by atoms with Gasteiger partial charge in [-0.25, -0.2) is 9.29 Å². The monoisotopic (exact) mass is 338 g/mol. The van der Waals surface area contributed by atoms with Crippen LogP contribution < -0.4 is 4.90 Å². The Balaban J connectivity index is 1.62. The Hall–Kier alpha value is -3.09. The van der Waals surface area contributed by atoms with Crippen molar-refractivity contribution in [2.75, 3.05) is 4.90 Å². The molecule has 2 aromatic rings. The number of rotatable bonds is 3. The lowest BCUT2D eigenvalue weighted by Gasteiger charge is -2.20. The van der Waals surface area contributed by atoms with E-state index in [9.17, 15) is 14.0 Å². The minimum absolute atomic E-state index is 0.0814. The average Bonchev–Trinajstić information content (AvgIpc) is 3.12. The number of benzene rings is 2. The molecule has 2 atom stereocenters. The number of hydrogen-bond acceptors (Lipinski definition) is 5. The number of anilines is 1. The molecule has 2 amide bonds. The van der Waals surface area contributed by atoms with Crippen LogP contribution in [-0.2, 0) is 16.1 Å². The summed E-state index contributed by atoms with van der Waals surface area (Å²) in [7, 11) is 0. The van der Waals surface area contributed by atoms with E-state index >= 15 is 0 Å². The highest BCUT2D eigenvalue weighted by Gasteiger charge is 2.54. The molecule has 6 nitrogen and oxygen atoms in total. The first-order chi connectivity index (χ1) is 12.1. The number of carbonyl (C=O) groups is 2. The molecule has 25 heavy (non-hydrogen) atoms. The van der Waals surface area contributed by atoms with Crippen LogP contribution in [0.25, 0.3) is 0 Å². The van der Waals surface area contributed by atoms with E-state index < -0.39 is 18.0 Å². The molecule has 0 bridgehead atoms. The van der Waals surface area contributed by atoms with E-state index in [2.05, 4.69) is 10.3 Å². The van der Waals surface area contributed by atoms with Crippen molar-refractivity contribution in [3.05, 3.63) is 65.5 Å². The molecular formula is C18H15FN4O2. The lowest BCUT2D eigenvalue weighted by atomic mass is 10.1. The zero-order chi connectivity index (χ0) is 17.6. The summed E-state index contributed by atoms with van der Waals surface area (Å²) in [6, 6.07) is 11.7. The van der Waals surface area contributed by atoms with Gasteiger partial charge in [0.2, 0.25) is 0 Å². The summed E-state index contributed by atoms with van der Waals surface area (Å²) in [5, 5.41) is 9.26. The van der Waals surface area contributed by atoms with Crippen LogP contribution in [0.2, 0.25) is 0 Å². The van der Waals surface area contributed by atoms with Gasteiger partial charge in [0.25, 0.3) is 11.8 Å². The molecule has 2 aliphatic rings. The van der Waals surface area contributed by atoms with Gasteiger partial charge in [-0.05, 0) is 25.1 Å². The highest BCUT2D eigenvalue weighted by molar-refractivity contribution is 6.25. The topological polar surface area (TPSA) is 65.3 Å². The number of hydrogen-bond donors (Lipinski definition) is 0. The number of halogens is 1. The summed E-state index contributed by atoms with van der Waals surface area (Å²) in [4.78, 5) is 26.6. The van der Waals surface area contributed by atoms with Crippen LogP contribution >= 0.6 is 0 Å². The van der Waals surface area contributed by atoms with Gasteiger partial charge in [0.1, 0.15) is 5.82 Å². The maximum Gasteiger partial charge on any atom is 0.263 e. The maximum atomic E-state index is 13.9. The highest BCUT2D eigenvalue weighted by Crippen LogP contribution is 2.33. The maximum absolute atomic E-state index is 13.9. The molecule has 0 aromatic heterocycles. The van der Waals surface area contributed by atoms with Crippen LogP contribution in [0.4, 0.5) is 10.1 Å². The largest absolute Gasteiger partial charge is 0.271 e. The predicted molar refractivity (Wildman–Crippen MR) is 88.0 cm³/mol. The van der Waals surface area contributed by atoms with Crippen molar-refractivity contribution in [3.63, 3.8) is 0 Å². The SMILES string of the molecule is Cc1ccc(N2C(=O)[C@H]3N=NN(Cc4ccccc4F)[C@H]3C2=O)cc1. The van der Waals surface area contributed by atoms with Gasteiger partial charge < -0.3 is 0 Å². The van der Waals surface area contributed by atoms with E-state index in [0.717, 1.165) is 10.5 Å². The first-order valence-electron chi connectivity index (χ1n) is 7.91. The van der Waals surface area contributed by atoms with Gasteiger partial charge in [0.15, 0.2) is 12.1 Å². The van der Waals surface area contributed by atoms with Gasteiger partial charge in [0, 0.05) is 5.56 Å². The van der Waals surface area contributed by atoms with Crippen molar-refractivity contribution in [2.45, 2.75) is 25.6 Å². The van der Waals surface area contributed by atoms with Crippen molar-refractivity contribution in [2.24, 2.45) is 10.3 Å². The van der Waals surface area contributed by atoms with Crippen molar-refractivity contribution in [1.29, 1.82) is 0 Å². The quantitative estimate of drug-likeness (QED) is 0.808. The van der Waals surface area contributed by atoms with Crippen molar-refractivity contribution >= 4 is 17.5 Å². The van der Waals surface area contributed by atoms with Crippen LogP contribution in [-0.4, -0.2) is 28.9 Å². The molecule has 0 spiro atoms. The molecule has 2 aliphatic heterocycles. The van der Waals surface area contributed by atoms with Crippen molar-refractivity contribution < 1.29 is 14.0 Å². The highest BCUT2D eigenvalue weighted by atomic mass is 19.1. The number of aryl methyl sites for hydroxylation is 1. The van der Waals surface area contributed by atoms with Gasteiger partial charge >= 0.3 is 0 Å². The summed E-state index contributed by atoms with van der Waals surface area (Å²) in [6.45, 7) is 2.01. The van der Waals surface area contributed by atoms with Crippen LogP contribution in [0.15, 0.2) is 58.9 Å². The second-order valence-corrected chi connectivity index (χ2v) is 6.13. The molecule has 126 valence electrons. The number of amides is 2. The molecule has 1 fully saturated rings. The lowest BCUT2D eigenvalue weighted by Crippen LogP contribution is -2.39. The van der Waals surface area contributed by atoms with Crippen LogP contribution in [0.1, 0.15) is 11.1 Å². The summed E-state index contributed by atoms with van der Waals surface area (Å²) in [6.07, 6.45) is 0. The molecule has 2 aromatic carbocycles. The third-order valence-electron chi connectivity index (χ3n) is 4.44. The fourth-order valence-electron chi connectivity index (χ4n) is 3.10. The standard InChI is InChI=1S/C18H15FN4O2/c1-11-6-8-13(9-7-11)23-17(24)15-16(18(23)25)22(21-20-15)10-12-4-2-3-5-14(12)19/h2-9,15-16H,10H2,1H3/t15-,16+/m0/s1.